The van der Waals surface area contributed by atoms with E-state index in [1.54, 1.807) is 0 Å². The topological polar surface area (TPSA) is 88.5 Å². The summed E-state index contributed by atoms with van der Waals surface area (Å²) in [6, 6.07) is 9.66. The molecule has 0 saturated heterocycles. The standard InChI is InChI=1S/C16H13FN2O4S2/c1-23-14-8-12(20)6-7-13(14)19-25(21,22)15-9-18-16(24-15)10-2-4-11(17)5-3-10/h2-9,19-20H,1H3. The Morgan fingerprint density at radius 3 is 2.60 bits per heavy atom. The lowest BCUT2D eigenvalue weighted by atomic mass is 10.2. The Bertz CT molecular complexity index is 1000. The maximum absolute atomic E-state index is 13.0. The first-order chi connectivity index (χ1) is 11.9. The molecular formula is C16H13FN2O4S2. The molecule has 3 rings (SSSR count). The van der Waals surface area contributed by atoms with Gasteiger partial charge in [-0.05, 0) is 36.4 Å². The van der Waals surface area contributed by atoms with Gasteiger partial charge in [-0.2, -0.15) is 0 Å². The van der Waals surface area contributed by atoms with E-state index >= 15 is 0 Å². The number of hydrogen-bond donors (Lipinski definition) is 2. The third kappa shape index (κ3) is 3.72. The van der Waals surface area contributed by atoms with Gasteiger partial charge in [-0.15, -0.1) is 11.3 Å². The number of rotatable bonds is 5. The van der Waals surface area contributed by atoms with E-state index < -0.39 is 10.0 Å². The molecule has 0 saturated carbocycles. The number of phenolic OH excluding ortho intramolecular Hbond substituents is 1. The van der Waals surface area contributed by atoms with Crippen LogP contribution in [-0.4, -0.2) is 25.6 Å². The van der Waals surface area contributed by atoms with Crippen molar-refractivity contribution in [2.45, 2.75) is 4.21 Å². The first-order valence-electron chi connectivity index (χ1n) is 7.00. The van der Waals surface area contributed by atoms with Crippen LogP contribution >= 0.6 is 11.3 Å². The average Bonchev–Trinajstić information content (AvgIpc) is 3.08. The number of hydrogen-bond acceptors (Lipinski definition) is 6. The number of nitrogens with zero attached hydrogens (tertiary/aromatic N) is 1. The molecule has 9 heteroatoms. The van der Waals surface area contributed by atoms with Gasteiger partial charge in [0.25, 0.3) is 10.0 Å². The van der Waals surface area contributed by atoms with Gasteiger partial charge in [0, 0.05) is 11.6 Å². The molecule has 0 amide bonds. The maximum atomic E-state index is 13.0. The van der Waals surface area contributed by atoms with Crippen molar-refractivity contribution in [1.29, 1.82) is 0 Å². The molecule has 0 fully saturated rings. The van der Waals surface area contributed by atoms with E-state index in [2.05, 4.69) is 9.71 Å². The third-order valence-electron chi connectivity index (χ3n) is 3.27. The lowest BCUT2D eigenvalue weighted by Crippen LogP contribution is -2.12. The predicted molar refractivity (Wildman–Crippen MR) is 93.0 cm³/mol. The summed E-state index contributed by atoms with van der Waals surface area (Å²) in [7, 11) is -2.52. The molecule has 0 aliphatic carbocycles. The van der Waals surface area contributed by atoms with Crippen LogP contribution in [0.3, 0.4) is 0 Å². The SMILES string of the molecule is COc1cc(O)ccc1NS(=O)(=O)c1cnc(-c2ccc(F)cc2)s1. The van der Waals surface area contributed by atoms with E-state index in [4.69, 9.17) is 4.74 Å². The number of aromatic hydroxyl groups is 1. The molecule has 6 nitrogen and oxygen atoms in total. The highest BCUT2D eigenvalue weighted by molar-refractivity contribution is 7.94. The summed E-state index contributed by atoms with van der Waals surface area (Å²) in [5.41, 5.74) is 0.812. The van der Waals surface area contributed by atoms with Crippen LogP contribution in [0.15, 0.2) is 52.9 Å². The van der Waals surface area contributed by atoms with Gasteiger partial charge < -0.3 is 9.84 Å². The van der Waals surface area contributed by atoms with E-state index in [1.165, 1.54) is 55.8 Å². The number of anilines is 1. The Labute approximate surface area is 147 Å². The average molecular weight is 380 g/mol. The van der Waals surface area contributed by atoms with Crippen LogP contribution in [-0.2, 0) is 10.0 Å². The number of halogens is 1. The van der Waals surface area contributed by atoms with Crippen molar-refractivity contribution in [1.82, 2.24) is 4.98 Å². The van der Waals surface area contributed by atoms with Crippen molar-refractivity contribution >= 4 is 27.0 Å². The minimum atomic E-state index is -3.88. The molecule has 25 heavy (non-hydrogen) atoms. The molecule has 0 aliphatic heterocycles. The van der Waals surface area contributed by atoms with Crippen LogP contribution in [0.2, 0.25) is 0 Å². The normalized spacial score (nSPS) is 11.3. The van der Waals surface area contributed by atoms with Crippen molar-refractivity contribution < 1.29 is 22.7 Å². The van der Waals surface area contributed by atoms with E-state index in [0.29, 0.717) is 10.6 Å². The zero-order valence-electron chi connectivity index (χ0n) is 12.9. The van der Waals surface area contributed by atoms with Crippen molar-refractivity contribution in [2.75, 3.05) is 11.8 Å². The van der Waals surface area contributed by atoms with Crippen molar-refractivity contribution in [3.63, 3.8) is 0 Å². The Balaban J connectivity index is 1.90. The fourth-order valence-electron chi connectivity index (χ4n) is 2.07. The second-order valence-electron chi connectivity index (χ2n) is 4.98. The highest BCUT2D eigenvalue weighted by atomic mass is 32.2. The number of ether oxygens (including phenoxy) is 1. The maximum Gasteiger partial charge on any atom is 0.273 e. The van der Waals surface area contributed by atoms with Crippen LogP contribution in [0.25, 0.3) is 10.6 Å². The highest BCUT2D eigenvalue weighted by Crippen LogP contribution is 2.33. The molecule has 3 aromatic rings. The van der Waals surface area contributed by atoms with Crippen LogP contribution in [0, 0.1) is 5.82 Å². The lowest BCUT2D eigenvalue weighted by Gasteiger charge is -2.10. The molecule has 0 unspecified atom stereocenters. The van der Waals surface area contributed by atoms with E-state index in [1.807, 2.05) is 0 Å². The molecule has 0 spiro atoms. The summed E-state index contributed by atoms with van der Waals surface area (Å²) in [6.07, 6.45) is 1.23. The lowest BCUT2D eigenvalue weighted by molar-refractivity contribution is 0.409. The quantitative estimate of drug-likeness (QED) is 0.662. The van der Waals surface area contributed by atoms with Crippen LogP contribution in [0.4, 0.5) is 10.1 Å². The Hall–Kier alpha value is -2.65. The minimum Gasteiger partial charge on any atom is -0.508 e. The number of aromatic nitrogens is 1. The van der Waals surface area contributed by atoms with Crippen molar-refractivity contribution in [2.24, 2.45) is 0 Å². The summed E-state index contributed by atoms with van der Waals surface area (Å²) in [5.74, 6) is -0.239. The number of benzene rings is 2. The van der Waals surface area contributed by atoms with Gasteiger partial charge in [0.05, 0.1) is 19.0 Å². The number of sulfonamides is 1. The van der Waals surface area contributed by atoms with Gasteiger partial charge in [0.15, 0.2) is 4.21 Å². The summed E-state index contributed by atoms with van der Waals surface area (Å²) >= 11 is 0.960. The van der Waals surface area contributed by atoms with Crippen LogP contribution in [0.1, 0.15) is 0 Å². The molecule has 2 aromatic carbocycles. The Kier molecular flexibility index (Phi) is 4.60. The van der Waals surface area contributed by atoms with Gasteiger partial charge in [-0.1, -0.05) is 0 Å². The van der Waals surface area contributed by atoms with Gasteiger partial charge >= 0.3 is 0 Å². The van der Waals surface area contributed by atoms with E-state index in [9.17, 15) is 17.9 Å². The van der Waals surface area contributed by atoms with Crippen molar-refractivity contribution in [3.05, 3.63) is 54.5 Å². The first kappa shape index (κ1) is 17.2. The summed E-state index contributed by atoms with van der Waals surface area (Å²) in [4.78, 5) is 4.09. The fraction of sp³-hybridized carbons (Fsp3) is 0.0625. The van der Waals surface area contributed by atoms with Gasteiger partial charge in [0.1, 0.15) is 22.3 Å². The number of phenols is 1. The zero-order chi connectivity index (χ0) is 18.0. The highest BCUT2D eigenvalue weighted by Gasteiger charge is 2.20. The minimum absolute atomic E-state index is 0.00181. The number of thiazole rings is 1. The Morgan fingerprint density at radius 1 is 1.20 bits per heavy atom. The van der Waals surface area contributed by atoms with Crippen molar-refractivity contribution in [3.8, 4) is 22.1 Å². The van der Waals surface area contributed by atoms with Gasteiger partial charge in [-0.3, -0.25) is 4.72 Å². The molecule has 130 valence electrons. The summed E-state index contributed by atoms with van der Waals surface area (Å²) < 4.78 is 45.5. The molecule has 0 bridgehead atoms. The summed E-state index contributed by atoms with van der Waals surface area (Å²) in [6.45, 7) is 0. The third-order valence-corrected chi connectivity index (χ3v) is 6.14. The second kappa shape index (κ2) is 6.69. The summed E-state index contributed by atoms with van der Waals surface area (Å²) in [5, 5.41) is 9.90. The van der Waals surface area contributed by atoms with Gasteiger partial charge in [-0.25, -0.2) is 17.8 Å². The predicted octanol–water partition coefficient (Wildman–Crippen LogP) is 3.46. The second-order valence-corrected chi connectivity index (χ2v) is 7.92. The Morgan fingerprint density at radius 2 is 1.92 bits per heavy atom. The molecule has 1 heterocycles. The number of methoxy groups -OCH3 is 1. The number of nitrogens with one attached hydrogen (secondary N) is 1. The molecule has 0 aliphatic rings. The molecule has 0 radical (unpaired) electrons. The fourth-order valence-corrected chi connectivity index (χ4v) is 4.27. The van der Waals surface area contributed by atoms with Gasteiger partial charge in [0.2, 0.25) is 0 Å². The molecule has 1 aromatic heterocycles. The monoisotopic (exact) mass is 380 g/mol. The zero-order valence-corrected chi connectivity index (χ0v) is 14.6. The smallest absolute Gasteiger partial charge is 0.273 e. The van der Waals surface area contributed by atoms with E-state index in [-0.39, 0.29) is 27.2 Å². The first-order valence-corrected chi connectivity index (χ1v) is 9.30. The van der Waals surface area contributed by atoms with Crippen LogP contribution in [0.5, 0.6) is 11.5 Å². The largest absolute Gasteiger partial charge is 0.508 e. The molecule has 0 atom stereocenters. The molecular weight excluding hydrogens is 367 g/mol. The van der Waals surface area contributed by atoms with E-state index in [0.717, 1.165) is 11.3 Å². The molecule has 2 N–H and O–H groups in total. The van der Waals surface area contributed by atoms with Crippen LogP contribution < -0.4 is 9.46 Å².